The van der Waals surface area contributed by atoms with Crippen molar-refractivity contribution in [2.24, 2.45) is 4.40 Å². The lowest BCUT2D eigenvalue weighted by Gasteiger charge is -2.14. The lowest BCUT2D eigenvalue weighted by molar-refractivity contribution is 0.417. The molecule has 0 amide bonds. The second kappa shape index (κ2) is 10.8. The topological polar surface area (TPSA) is 114 Å². The summed E-state index contributed by atoms with van der Waals surface area (Å²) in [5.41, 5.74) is 0.779. The number of hydrogen-bond donors (Lipinski definition) is 2. The molecule has 0 aromatic heterocycles. The average molecular weight is 540 g/mol. The molecular formula is C26H22FN3O5S2. The summed E-state index contributed by atoms with van der Waals surface area (Å²) in [6.45, 7) is 0. The molecular weight excluding hydrogens is 517 g/mol. The van der Waals surface area contributed by atoms with Gasteiger partial charge in [-0.1, -0.05) is 36.4 Å². The number of ether oxygens (including phenoxy) is 1. The highest BCUT2D eigenvalue weighted by Crippen LogP contribution is 2.27. The summed E-state index contributed by atoms with van der Waals surface area (Å²) in [6.07, 6.45) is 0. The first kappa shape index (κ1) is 25.9. The number of benzene rings is 4. The Bertz CT molecular complexity index is 1640. The zero-order valence-electron chi connectivity index (χ0n) is 19.5. The number of amidine groups is 1. The molecule has 0 spiro atoms. The Hall–Kier alpha value is -4.22. The molecule has 0 fully saturated rings. The predicted octanol–water partition coefficient (Wildman–Crippen LogP) is 4.88. The fraction of sp³-hybridized carbons (Fsp3) is 0.0385. The van der Waals surface area contributed by atoms with Crippen molar-refractivity contribution in [3.05, 3.63) is 115 Å². The Morgan fingerprint density at radius 1 is 0.784 bits per heavy atom. The molecule has 4 aromatic carbocycles. The number of rotatable bonds is 8. The van der Waals surface area contributed by atoms with E-state index in [1.54, 1.807) is 48.5 Å². The van der Waals surface area contributed by atoms with Gasteiger partial charge in [0.15, 0.2) is 5.84 Å². The van der Waals surface area contributed by atoms with Crippen molar-refractivity contribution in [1.82, 2.24) is 0 Å². The van der Waals surface area contributed by atoms with Crippen LogP contribution in [0.2, 0.25) is 0 Å². The summed E-state index contributed by atoms with van der Waals surface area (Å²) in [7, 11) is -6.74. The van der Waals surface area contributed by atoms with Gasteiger partial charge in [0.1, 0.15) is 11.6 Å². The van der Waals surface area contributed by atoms with E-state index in [0.29, 0.717) is 5.75 Å². The van der Waals surface area contributed by atoms with E-state index in [4.69, 9.17) is 4.74 Å². The van der Waals surface area contributed by atoms with Gasteiger partial charge in [-0.05, 0) is 66.7 Å². The van der Waals surface area contributed by atoms with Crippen LogP contribution in [0.1, 0.15) is 5.56 Å². The van der Waals surface area contributed by atoms with Gasteiger partial charge in [-0.2, -0.15) is 8.42 Å². The summed E-state index contributed by atoms with van der Waals surface area (Å²) in [4.78, 5) is -0.124. The zero-order valence-corrected chi connectivity index (χ0v) is 21.1. The van der Waals surface area contributed by atoms with Crippen LogP contribution in [0, 0.1) is 5.82 Å². The highest BCUT2D eigenvalue weighted by atomic mass is 32.2. The molecule has 4 aromatic rings. The number of halogens is 1. The van der Waals surface area contributed by atoms with E-state index in [1.165, 1.54) is 61.7 Å². The molecule has 0 aliphatic rings. The lowest BCUT2D eigenvalue weighted by Crippen LogP contribution is -2.18. The number of methoxy groups -OCH3 is 1. The highest BCUT2D eigenvalue weighted by Gasteiger charge is 2.19. The third kappa shape index (κ3) is 6.32. The van der Waals surface area contributed by atoms with Crippen LogP contribution in [0.4, 0.5) is 15.8 Å². The number of para-hydroxylation sites is 2. The first-order valence-electron chi connectivity index (χ1n) is 10.9. The molecule has 0 atom stereocenters. The largest absolute Gasteiger partial charge is 0.495 e. The molecule has 11 heteroatoms. The maximum atomic E-state index is 13.5. The lowest BCUT2D eigenvalue weighted by atomic mass is 10.2. The SMILES string of the molecule is COc1ccccc1NS(=O)(=O)c1cccc(NC(=NS(=O)(=O)c2ccccc2)c2ccc(F)cc2)c1. The van der Waals surface area contributed by atoms with Crippen molar-refractivity contribution in [3.63, 3.8) is 0 Å². The minimum Gasteiger partial charge on any atom is -0.495 e. The summed E-state index contributed by atoms with van der Waals surface area (Å²) in [6, 6.07) is 25.0. The van der Waals surface area contributed by atoms with Crippen molar-refractivity contribution in [3.8, 4) is 5.75 Å². The van der Waals surface area contributed by atoms with Crippen LogP contribution in [0.5, 0.6) is 5.75 Å². The molecule has 0 saturated carbocycles. The fourth-order valence-corrected chi connectivity index (χ4v) is 5.44. The van der Waals surface area contributed by atoms with Crippen molar-refractivity contribution < 1.29 is 26.0 Å². The molecule has 0 aliphatic carbocycles. The van der Waals surface area contributed by atoms with Crippen LogP contribution < -0.4 is 14.8 Å². The molecule has 0 saturated heterocycles. The second-order valence-electron chi connectivity index (χ2n) is 7.69. The monoisotopic (exact) mass is 539 g/mol. The summed E-state index contributed by atoms with van der Waals surface area (Å²) in [5, 5.41) is 2.87. The zero-order chi connectivity index (χ0) is 26.5. The van der Waals surface area contributed by atoms with Gasteiger partial charge in [0.05, 0.1) is 22.6 Å². The van der Waals surface area contributed by atoms with Crippen LogP contribution in [0.3, 0.4) is 0 Å². The Morgan fingerprint density at radius 2 is 1.43 bits per heavy atom. The number of sulfonamides is 2. The molecule has 190 valence electrons. The molecule has 0 bridgehead atoms. The maximum absolute atomic E-state index is 13.5. The Morgan fingerprint density at radius 3 is 2.14 bits per heavy atom. The Kier molecular flexibility index (Phi) is 7.55. The molecule has 0 aliphatic heterocycles. The normalized spacial score (nSPS) is 12.1. The van der Waals surface area contributed by atoms with E-state index in [2.05, 4.69) is 14.4 Å². The van der Waals surface area contributed by atoms with E-state index in [1.807, 2.05) is 0 Å². The van der Waals surface area contributed by atoms with Gasteiger partial charge in [0, 0.05) is 11.3 Å². The van der Waals surface area contributed by atoms with Crippen LogP contribution >= 0.6 is 0 Å². The van der Waals surface area contributed by atoms with Gasteiger partial charge in [0.25, 0.3) is 20.0 Å². The molecule has 8 nitrogen and oxygen atoms in total. The van der Waals surface area contributed by atoms with E-state index in [-0.39, 0.29) is 32.6 Å². The van der Waals surface area contributed by atoms with Gasteiger partial charge in [-0.25, -0.2) is 12.8 Å². The van der Waals surface area contributed by atoms with E-state index in [0.717, 1.165) is 0 Å². The summed E-state index contributed by atoms with van der Waals surface area (Å²) in [5.74, 6) is -0.280. The minimum absolute atomic E-state index is 0.0336. The smallest absolute Gasteiger partial charge is 0.284 e. The second-order valence-corrected chi connectivity index (χ2v) is 11.0. The minimum atomic E-state index is -4.14. The van der Waals surface area contributed by atoms with E-state index < -0.39 is 25.9 Å². The van der Waals surface area contributed by atoms with Gasteiger partial charge >= 0.3 is 0 Å². The van der Waals surface area contributed by atoms with Crippen LogP contribution in [0.15, 0.2) is 117 Å². The van der Waals surface area contributed by atoms with Gasteiger partial charge in [-0.15, -0.1) is 4.40 Å². The first-order valence-corrected chi connectivity index (χ1v) is 13.8. The van der Waals surface area contributed by atoms with Crippen molar-refractivity contribution >= 4 is 37.3 Å². The van der Waals surface area contributed by atoms with Gasteiger partial charge < -0.3 is 10.1 Å². The van der Waals surface area contributed by atoms with Gasteiger partial charge in [0.2, 0.25) is 0 Å². The Balaban J connectivity index is 1.70. The van der Waals surface area contributed by atoms with E-state index >= 15 is 0 Å². The average Bonchev–Trinajstić information content (AvgIpc) is 2.89. The first-order chi connectivity index (χ1) is 17.7. The van der Waals surface area contributed by atoms with Crippen LogP contribution in [-0.2, 0) is 20.0 Å². The molecule has 0 heterocycles. The molecule has 0 unspecified atom stereocenters. The molecule has 4 rings (SSSR count). The van der Waals surface area contributed by atoms with Crippen molar-refractivity contribution in [2.45, 2.75) is 9.79 Å². The fourth-order valence-electron chi connectivity index (χ4n) is 3.33. The van der Waals surface area contributed by atoms with E-state index in [9.17, 15) is 21.2 Å². The highest BCUT2D eigenvalue weighted by molar-refractivity contribution is 7.92. The summed E-state index contributed by atoms with van der Waals surface area (Å²) < 4.78 is 77.2. The number of hydrogen-bond acceptors (Lipinski definition) is 5. The number of nitrogens with zero attached hydrogens (tertiary/aromatic N) is 1. The number of nitrogens with one attached hydrogen (secondary N) is 2. The Labute approximate surface area is 214 Å². The molecule has 0 radical (unpaired) electrons. The van der Waals surface area contributed by atoms with Crippen LogP contribution in [-0.4, -0.2) is 29.8 Å². The number of anilines is 2. The standard InChI is InChI=1S/C26H22FN3O5S2/c1-35-25-13-6-5-12-24(25)29-37(33,34)23-11-7-8-21(18-23)28-26(19-14-16-20(27)17-15-19)30-36(31,32)22-9-3-2-4-10-22/h2-18,29H,1H3,(H,28,30). The van der Waals surface area contributed by atoms with Crippen molar-refractivity contribution in [2.75, 3.05) is 17.1 Å². The predicted molar refractivity (Wildman–Crippen MR) is 140 cm³/mol. The maximum Gasteiger partial charge on any atom is 0.284 e. The van der Waals surface area contributed by atoms with Crippen LogP contribution in [0.25, 0.3) is 0 Å². The molecule has 37 heavy (non-hydrogen) atoms. The molecule has 2 N–H and O–H groups in total. The summed E-state index contributed by atoms with van der Waals surface area (Å²) >= 11 is 0. The quantitative estimate of drug-likeness (QED) is 0.244. The van der Waals surface area contributed by atoms with Crippen molar-refractivity contribution in [1.29, 1.82) is 0 Å². The van der Waals surface area contributed by atoms with Gasteiger partial charge in [-0.3, -0.25) is 4.72 Å². The third-order valence-electron chi connectivity index (χ3n) is 5.13. The third-order valence-corrected chi connectivity index (χ3v) is 7.78.